The third-order valence-electron chi connectivity index (χ3n) is 4.02. The summed E-state index contributed by atoms with van der Waals surface area (Å²) in [7, 11) is 1.71. The predicted octanol–water partition coefficient (Wildman–Crippen LogP) is 4.43. The van der Waals surface area contributed by atoms with Gasteiger partial charge in [0, 0.05) is 32.0 Å². The van der Waals surface area contributed by atoms with Gasteiger partial charge in [-0.25, -0.2) is 0 Å². The molecule has 0 radical (unpaired) electrons. The molecule has 0 spiro atoms. The largest absolute Gasteiger partial charge is 0.379 e. The molecule has 0 unspecified atom stereocenters. The second kappa shape index (κ2) is 10.2. The minimum absolute atomic E-state index is 0.00221. The summed E-state index contributed by atoms with van der Waals surface area (Å²) in [6.45, 7) is 4.84. The van der Waals surface area contributed by atoms with E-state index in [1.807, 2.05) is 54.4 Å². The standard InChI is InChI=1S/C20H27N3O2S/c1-20(2,25-3)11-12-23-16-18(15-21-23)22-19(24)10-14-26-13-9-17-7-5-4-6-8-17/h4-9,13,15-16H,10-12,14H2,1-3H3,(H,22,24). The fourth-order valence-corrected chi connectivity index (χ4v) is 2.86. The first-order valence-electron chi connectivity index (χ1n) is 8.69. The maximum atomic E-state index is 12.0. The Kier molecular flexibility index (Phi) is 7.94. The van der Waals surface area contributed by atoms with Crippen LogP contribution in [-0.2, 0) is 16.1 Å². The lowest BCUT2D eigenvalue weighted by Crippen LogP contribution is -2.24. The third-order valence-corrected chi connectivity index (χ3v) is 4.78. The van der Waals surface area contributed by atoms with Gasteiger partial charge in [-0.3, -0.25) is 9.48 Å². The summed E-state index contributed by atoms with van der Waals surface area (Å²) in [5.41, 5.74) is 1.71. The lowest BCUT2D eigenvalue weighted by atomic mass is 10.1. The summed E-state index contributed by atoms with van der Waals surface area (Å²) >= 11 is 1.63. The average molecular weight is 374 g/mol. The van der Waals surface area contributed by atoms with Crippen LogP contribution in [0.15, 0.2) is 48.1 Å². The van der Waals surface area contributed by atoms with Crippen LogP contribution in [-0.4, -0.2) is 34.2 Å². The lowest BCUT2D eigenvalue weighted by Gasteiger charge is -2.22. The molecule has 1 heterocycles. The molecule has 1 aromatic heterocycles. The van der Waals surface area contributed by atoms with E-state index < -0.39 is 0 Å². The van der Waals surface area contributed by atoms with Gasteiger partial charge in [-0.15, -0.1) is 11.8 Å². The van der Waals surface area contributed by atoms with Crippen molar-refractivity contribution in [2.24, 2.45) is 0 Å². The number of aryl methyl sites for hydroxylation is 1. The van der Waals surface area contributed by atoms with Gasteiger partial charge >= 0.3 is 0 Å². The lowest BCUT2D eigenvalue weighted by molar-refractivity contribution is -0.115. The molecule has 0 saturated heterocycles. The van der Waals surface area contributed by atoms with Crippen LogP contribution in [0, 0.1) is 0 Å². The number of anilines is 1. The molecule has 0 saturated carbocycles. The number of benzene rings is 1. The Morgan fingerprint density at radius 2 is 2.12 bits per heavy atom. The van der Waals surface area contributed by atoms with Crippen molar-refractivity contribution in [3.8, 4) is 0 Å². The first-order valence-corrected chi connectivity index (χ1v) is 9.74. The topological polar surface area (TPSA) is 56.1 Å². The second-order valence-corrected chi connectivity index (χ2v) is 7.60. The number of carbonyl (C=O) groups excluding carboxylic acids is 1. The van der Waals surface area contributed by atoms with Crippen LogP contribution in [0.5, 0.6) is 0 Å². The molecule has 6 heteroatoms. The molecule has 1 aromatic carbocycles. The van der Waals surface area contributed by atoms with Crippen molar-refractivity contribution in [1.82, 2.24) is 9.78 Å². The predicted molar refractivity (Wildman–Crippen MR) is 109 cm³/mol. The molecule has 140 valence electrons. The van der Waals surface area contributed by atoms with Gasteiger partial charge in [-0.05, 0) is 37.3 Å². The number of thioether (sulfide) groups is 1. The van der Waals surface area contributed by atoms with E-state index in [2.05, 4.69) is 22.5 Å². The van der Waals surface area contributed by atoms with Crippen LogP contribution in [0.2, 0.25) is 0 Å². The molecule has 0 aliphatic carbocycles. The number of carbonyl (C=O) groups is 1. The Hall–Kier alpha value is -2.05. The normalized spacial score (nSPS) is 11.8. The zero-order valence-corrected chi connectivity index (χ0v) is 16.5. The number of nitrogens with one attached hydrogen (secondary N) is 1. The van der Waals surface area contributed by atoms with Crippen LogP contribution in [0.25, 0.3) is 6.08 Å². The quantitative estimate of drug-likeness (QED) is 0.626. The van der Waals surface area contributed by atoms with Crippen LogP contribution in [0.4, 0.5) is 5.69 Å². The highest BCUT2D eigenvalue weighted by Crippen LogP contribution is 2.15. The van der Waals surface area contributed by atoms with Gasteiger partial charge in [0.25, 0.3) is 0 Å². The molecule has 2 aromatic rings. The smallest absolute Gasteiger partial charge is 0.225 e. The Bertz CT molecular complexity index is 711. The molecule has 5 nitrogen and oxygen atoms in total. The third kappa shape index (κ3) is 7.45. The Labute approximate surface area is 159 Å². The number of hydrogen-bond donors (Lipinski definition) is 1. The first-order chi connectivity index (χ1) is 12.5. The van der Waals surface area contributed by atoms with E-state index in [9.17, 15) is 4.79 Å². The molecule has 1 N–H and O–H groups in total. The van der Waals surface area contributed by atoms with E-state index in [0.29, 0.717) is 6.42 Å². The fourth-order valence-electron chi connectivity index (χ4n) is 2.17. The molecule has 0 atom stereocenters. The van der Waals surface area contributed by atoms with Gasteiger partial charge in [0.1, 0.15) is 0 Å². The van der Waals surface area contributed by atoms with Gasteiger partial charge in [0.05, 0.1) is 17.5 Å². The number of methoxy groups -OCH3 is 1. The van der Waals surface area contributed by atoms with Gasteiger partial charge in [0.2, 0.25) is 5.91 Å². The van der Waals surface area contributed by atoms with Crippen molar-refractivity contribution in [2.75, 3.05) is 18.2 Å². The Morgan fingerprint density at radius 3 is 2.85 bits per heavy atom. The molecule has 0 aliphatic heterocycles. The SMILES string of the molecule is COC(C)(C)CCn1cc(NC(=O)CCSC=Cc2ccccc2)cn1. The number of hydrogen-bond acceptors (Lipinski definition) is 4. The summed E-state index contributed by atoms with van der Waals surface area (Å²) in [6.07, 6.45) is 6.90. The zero-order valence-electron chi connectivity index (χ0n) is 15.6. The van der Waals surface area contributed by atoms with Crippen molar-refractivity contribution >= 4 is 29.4 Å². The van der Waals surface area contributed by atoms with Crippen LogP contribution in [0.1, 0.15) is 32.3 Å². The minimum atomic E-state index is -0.181. The van der Waals surface area contributed by atoms with E-state index in [1.54, 1.807) is 25.1 Å². The van der Waals surface area contributed by atoms with Crippen molar-refractivity contribution < 1.29 is 9.53 Å². The molecule has 0 fully saturated rings. The Balaban J connectivity index is 1.67. The molecule has 0 bridgehead atoms. The number of amides is 1. The average Bonchev–Trinajstić information content (AvgIpc) is 3.08. The van der Waals surface area contributed by atoms with Gasteiger partial charge in [0.15, 0.2) is 0 Å². The van der Waals surface area contributed by atoms with E-state index in [4.69, 9.17) is 4.74 Å². The van der Waals surface area contributed by atoms with Crippen LogP contribution < -0.4 is 5.32 Å². The summed E-state index contributed by atoms with van der Waals surface area (Å²) in [6, 6.07) is 10.1. The number of ether oxygens (including phenoxy) is 1. The maximum Gasteiger partial charge on any atom is 0.225 e. The zero-order chi connectivity index (χ0) is 18.8. The summed E-state index contributed by atoms with van der Waals surface area (Å²) in [5.74, 6) is 0.744. The van der Waals surface area contributed by atoms with Crippen molar-refractivity contribution in [2.45, 2.75) is 38.8 Å². The van der Waals surface area contributed by atoms with E-state index in [-0.39, 0.29) is 11.5 Å². The highest BCUT2D eigenvalue weighted by atomic mass is 32.2. The number of aromatic nitrogens is 2. The second-order valence-electron chi connectivity index (χ2n) is 6.59. The molecule has 2 rings (SSSR count). The van der Waals surface area contributed by atoms with Crippen molar-refractivity contribution in [3.05, 3.63) is 53.7 Å². The monoisotopic (exact) mass is 373 g/mol. The summed E-state index contributed by atoms with van der Waals surface area (Å²) < 4.78 is 7.23. The molecule has 1 amide bonds. The van der Waals surface area contributed by atoms with Crippen LogP contribution in [0.3, 0.4) is 0 Å². The van der Waals surface area contributed by atoms with Gasteiger partial charge < -0.3 is 10.1 Å². The molecular weight excluding hydrogens is 346 g/mol. The Morgan fingerprint density at radius 1 is 1.35 bits per heavy atom. The van der Waals surface area contributed by atoms with Gasteiger partial charge in [-0.1, -0.05) is 30.3 Å². The van der Waals surface area contributed by atoms with Crippen molar-refractivity contribution in [1.29, 1.82) is 0 Å². The highest BCUT2D eigenvalue weighted by Gasteiger charge is 2.16. The molecule has 0 aliphatic rings. The fraction of sp³-hybridized carbons (Fsp3) is 0.400. The minimum Gasteiger partial charge on any atom is -0.379 e. The van der Waals surface area contributed by atoms with Gasteiger partial charge in [-0.2, -0.15) is 5.10 Å². The van der Waals surface area contributed by atoms with Crippen molar-refractivity contribution in [3.63, 3.8) is 0 Å². The number of rotatable bonds is 10. The first kappa shape index (κ1) is 20.3. The van der Waals surface area contributed by atoms with E-state index >= 15 is 0 Å². The molecule has 26 heavy (non-hydrogen) atoms. The summed E-state index contributed by atoms with van der Waals surface area (Å²) in [5, 5.41) is 9.20. The number of nitrogens with zero attached hydrogens (tertiary/aromatic N) is 2. The van der Waals surface area contributed by atoms with E-state index in [0.717, 1.165) is 30.0 Å². The van der Waals surface area contributed by atoms with Crippen LogP contribution >= 0.6 is 11.8 Å². The molecular formula is C20H27N3O2S. The maximum absolute atomic E-state index is 12.0. The van der Waals surface area contributed by atoms with E-state index in [1.165, 1.54) is 0 Å². The summed E-state index contributed by atoms with van der Waals surface area (Å²) in [4.78, 5) is 12.0. The highest BCUT2D eigenvalue weighted by molar-refractivity contribution is 8.02.